The van der Waals surface area contributed by atoms with Crippen molar-refractivity contribution in [2.45, 2.75) is 26.3 Å². The number of rotatable bonds is 6. The number of carbonyl (C=O) groups is 1. The fourth-order valence-electron chi connectivity index (χ4n) is 2.92. The highest BCUT2D eigenvalue weighted by Gasteiger charge is 2.40. The van der Waals surface area contributed by atoms with Crippen LogP contribution in [0.5, 0.6) is 5.75 Å². The van der Waals surface area contributed by atoms with Gasteiger partial charge in [-0.1, -0.05) is 25.6 Å². The maximum atomic E-state index is 12.6. The number of ether oxygens (including phenoxy) is 2. The molecule has 0 bridgehead atoms. The molecule has 0 fully saturated rings. The number of carbonyl (C=O) groups excluding carboxylic acids is 1. The molecule has 0 radical (unpaired) electrons. The second-order valence-corrected chi connectivity index (χ2v) is 5.77. The predicted molar refractivity (Wildman–Crippen MR) is 93.3 cm³/mol. The van der Waals surface area contributed by atoms with Crippen LogP contribution in [0.3, 0.4) is 0 Å². The highest BCUT2D eigenvalue weighted by molar-refractivity contribution is 5.79. The third-order valence-corrected chi connectivity index (χ3v) is 4.04. The molecule has 0 spiro atoms. The number of esters is 1. The lowest BCUT2D eigenvalue weighted by atomic mass is 9.89. The Morgan fingerprint density at radius 1 is 1.32 bits per heavy atom. The quantitative estimate of drug-likeness (QED) is 0.813. The van der Waals surface area contributed by atoms with E-state index in [0.717, 1.165) is 17.7 Å². The Bertz CT molecular complexity index is 754. The van der Waals surface area contributed by atoms with Gasteiger partial charge in [-0.2, -0.15) is 10.1 Å². The Balaban J connectivity index is 1.98. The van der Waals surface area contributed by atoms with Crippen LogP contribution in [0, 0.1) is 5.92 Å². The van der Waals surface area contributed by atoms with E-state index in [1.165, 1.54) is 6.33 Å². The summed E-state index contributed by atoms with van der Waals surface area (Å²) in [5.41, 5.74) is 1.47. The van der Waals surface area contributed by atoms with Crippen LogP contribution >= 0.6 is 0 Å². The summed E-state index contributed by atoms with van der Waals surface area (Å²) in [4.78, 5) is 16.8. The molecule has 0 saturated heterocycles. The van der Waals surface area contributed by atoms with Crippen molar-refractivity contribution in [2.75, 3.05) is 18.5 Å². The smallest absolute Gasteiger partial charge is 0.317 e. The van der Waals surface area contributed by atoms with Crippen LogP contribution in [0.15, 0.2) is 42.9 Å². The summed E-state index contributed by atoms with van der Waals surface area (Å²) in [7, 11) is 0. The third-order valence-electron chi connectivity index (χ3n) is 4.04. The highest BCUT2D eigenvalue weighted by atomic mass is 16.5. The summed E-state index contributed by atoms with van der Waals surface area (Å²) < 4.78 is 12.6. The van der Waals surface area contributed by atoms with Crippen molar-refractivity contribution in [1.82, 2.24) is 14.8 Å². The van der Waals surface area contributed by atoms with Crippen LogP contribution in [0.4, 0.5) is 5.95 Å². The lowest BCUT2D eigenvalue weighted by Crippen LogP contribution is -2.37. The number of nitrogens with zero attached hydrogens (tertiary/aromatic N) is 3. The molecule has 1 aromatic heterocycles. The fraction of sp³-hybridized carbons (Fsp3) is 0.389. The highest BCUT2D eigenvalue weighted by Crippen LogP contribution is 2.38. The van der Waals surface area contributed by atoms with Gasteiger partial charge >= 0.3 is 5.97 Å². The SMILES string of the molecule is C=C1Nc2ncnn2C(c2ccc(OCC)cc2)C1C(=O)OCCC. The summed E-state index contributed by atoms with van der Waals surface area (Å²) in [6, 6.07) is 7.26. The minimum atomic E-state index is -0.585. The number of hydrogen-bond donors (Lipinski definition) is 1. The standard InChI is InChI=1S/C18H22N4O3/c1-4-10-25-17(23)15-12(3)21-18-19-11-20-22(18)16(15)13-6-8-14(9-7-13)24-5-2/h6-9,11,15-16H,3-5,10H2,1-2H3,(H,19,20,21). The van der Waals surface area contributed by atoms with Crippen molar-refractivity contribution in [3.63, 3.8) is 0 Å². The van der Waals surface area contributed by atoms with Crippen LogP contribution < -0.4 is 10.1 Å². The van der Waals surface area contributed by atoms with Gasteiger partial charge in [-0.15, -0.1) is 0 Å². The summed E-state index contributed by atoms with van der Waals surface area (Å²) >= 11 is 0. The molecular formula is C18H22N4O3. The van der Waals surface area contributed by atoms with Crippen molar-refractivity contribution in [3.05, 3.63) is 48.4 Å². The Morgan fingerprint density at radius 3 is 2.76 bits per heavy atom. The summed E-state index contributed by atoms with van der Waals surface area (Å²) in [5.74, 6) is 0.435. The van der Waals surface area contributed by atoms with E-state index < -0.39 is 5.92 Å². The zero-order valence-corrected chi connectivity index (χ0v) is 14.4. The molecule has 25 heavy (non-hydrogen) atoms. The Hall–Kier alpha value is -2.83. The molecule has 2 heterocycles. The average molecular weight is 342 g/mol. The van der Waals surface area contributed by atoms with Gasteiger partial charge in [-0.3, -0.25) is 4.79 Å². The van der Waals surface area contributed by atoms with Crippen LogP contribution in [-0.2, 0) is 9.53 Å². The van der Waals surface area contributed by atoms with E-state index >= 15 is 0 Å². The molecular weight excluding hydrogens is 320 g/mol. The number of anilines is 1. The molecule has 1 aliphatic heterocycles. The molecule has 2 unspecified atom stereocenters. The van der Waals surface area contributed by atoms with Gasteiger partial charge in [-0.25, -0.2) is 4.68 Å². The normalized spacial score (nSPS) is 19.0. The lowest BCUT2D eigenvalue weighted by Gasteiger charge is -2.33. The molecule has 0 saturated carbocycles. The second-order valence-electron chi connectivity index (χ2n) is 5.77. The Morgan fingerprint density at radius 2 is 2.08 bits per heavy atom. The number of hydrogen-bond acceptors (Lipinski definition) is 6. The minimum Gasteiger partial charge on any atom is -0.494 e. The summed E-state index contributed by atoms with van der Waals surface area (Å²) in [6.45, 7) is 8.88. The van der Waals surface area contributed by atoms with Gasteiger partial charge in [-0.05, 0) is 31.0 Å². The summed E-state index contributed by atoms with van der Waals surface area (Å²) in [5, 5.41) is 7.33. The maximum Gasteiger partial charge on any atom is 0.317 e. The fourth-order valence-corrected chi connectivity index (χ4v) is 2.92. The lowest BCUT2D eigenvalue weighted by molar-refractivity contribution is -0.148. The van der Waals surface area contributed by atoms with Gasteiger partial charge in [0, 0.05) is 5.70 Å². The van der Waals surface area contributed by atoms with Gasteiger partial charge < -0.3 is 14.8 Å². The van der Waals surface area contributed by atoms with Crippen LogP contribution in [-0.4, -0.2) is 33.9 Å². The van der Waals surface area contributed by atoms with Crippen LogP contribution in [0.1, 0.15) is 31.9 Å². The van der Waals surface area contributed by atoms with Gasteiger partial charge in [0.25, 0.3) is 0 Å². The number of benzene rings is 1. The van der Waals surface area contributed by atoms with Crippen molar-refractivity contribution < 1.29 is 14.3 Å². The Kier molecular flexibility index (Phi) is 5.02. The van der Waals surface area contributed by atoms with E-state index in [1.807, 2.05) is 38.1 Å². The molecule has 0 aliphatic carbocycles. The zero-order chi connectivity index (χ0) is 17.8. The van der Waals surface area contributed by atoms with Gasteiger partial charge in [0.15, 0.2) is 0 Å². The molecule has 1 N–H and O–H groups in total. The monoisotopic (exact) mass is 342 g/mol. The topological polar surface area (TPSA) is 78.3 Å². The molecule has 7 nitrogen and oxygen atoms in total. The molecule has 1 aliphatic rings. The molecule has 2 aromatic rings. The zero-order valence-electron chi connectivity index (χ0n) is 14.4. The second kappa shape index (κ2) is 7.38. The van der Waals surface area contributed by atoms with E-state index in [0.29, 0.717) is 24.9 Å². The van der Waals surface area contributed by atoms with Crippen molar-refractivity contribution in [2.24, 2.45) is 5.92 Å². The summed E-state index contributed by atoms with van der Waals surface area (Å²) in [6.07, 6.45) is 2.22. The van der Waals surface area contributed by atoms with E-state index in [4.69, 9.17) is 9.47 Å². The molecule has 3 rings (SSSR count). The van der Waals surface area contributed by atoms with Crippen molar-refractivity contribution in [3.8, 4) is 5.75 Å². The molecule has 1 aromatic carbocycles. The van der Waals surface area contributed by atoms with Crippen LogP contribution in [0.25, 0.3) is 0 Å². The van der Waals surface area contributed by atoms with E-state index in [-0.39, 0.29) is 12.0 Å². The van der Waals surface area contributed by atoms with Gasteiger partial charge in [0.1, 0.15) is 18.0 Å². The molecule has 7 heteroatoms. The van der Waals surface area contributed by atoms with Crippen LogP contribution in [0.2, 0.25) is 0 Å². The number of aromatic nitrogens is 3. The Labute approximate surface area is 146 Å². The molecule has 0 amide bonds. The first-order valence-electron chi connectivity index (χ1n) is 8.40. The van der Waals surface area contributed by atoms with Crippen molar-refractivity contribution >= 4 is 11.9 Å². The van der Waals surface area contributed by atoms with E-state index in [2.05, 4.69) is 22.0 Å². The van der Waals surface area contributed by atoms with E-state index in [9.17, 15) is 4.79 Å². The molecule has 132 valence electrons. The van der Waals surface area contributed by atoms with Gasteiger partial charge in [0.2, 0.25) is 5.95 Å². The first kappa shape index (κ1) is 17.0. The predicted octanol–water partition coefficient (Wildman–Crippen LogP) is 2.77. The number of fused-ring (bicyclic) bond motifs is 1. The minimum absolute atomic E-state index is 0.320. The number of nitrogens with one attached hydrogen (secondary N) is 1. The van der Waals surface area contributed by atoms with Crippen molar-refractivity contribution in [1.29, 1.82) is 0 Å². The van der Waals surface area contributed by atoms with E-state index in [1.54, 1.807) is 4.68 Å². The maximum absolute atomic E-state index is 12.6. The average Bonchev–Trinajstić information content (AvgIpc) is 3.07. The van der Waals surface area contributed by atoms with Gasteiger partial charge in [0.05, 0.1) is 19.3 Å². The first-order valence-corrected chi connectivity index (χ1v) is 8.40. The third kappa shape index (κ3) is 3.35. The first-order chi connectivity index (χ1) is 12.2. The molecule has 2 atom stereocenters. The largest absolute Gasteiger partial charge is 0.494 e.